The van der Waals surface area contributed by atoms with E-state index < -0.39 is 17.7 Å². The number of aliphatic hydroxyl groups excluding tert-OH is 1. The Morgan fingerprint density at radius 1 is 1.24 bits per heavy atom. The average molecular weight is 289 g/mol. The van der Waals surface area contributed by atoms with Crippen molar-refractivity contribution in [2.24, 2.45) is 0 Å². The quantitative estimate of drug-likeness (QED) is 0.937. The highest BCUT2D eigenvalue weighted by atomic mass is 19.1. The first-order valence-electron chi connectivity index (χ1n) is 6.30. The second-order valence-electron chi connectivity index (χ2n) is 4.57. The second-order valence-corrected chi connectivity index (χ2v) is 4.57. The summed E-state index contributed by atoms with van der Waals surface area (Å²) < 4.78 is 31.9. The van der Waals surface area contributed by atoms with Gasteiger partial charge in [-0.25, -0.2) is 8.78 Å². The van der Waals surface area contributed by atoms with Crippen LogP contribution in [-0.4, -0.2) is 5.11 Å². The van der Waals surface area contributed by atoms with Crippen molar-refractivity contribution in [3.8, 4) is 11.8 Å². The van der Waals surface area contributed by atoms with Crippen LogP contribution in [0, 0.1) is 23.0 Å². The van der Waals surface area contributed by atoms with Gasteiger partial charge in [0, 0.05) is 11.6 Å². The number of hydrogen-bond acceptors (Lipinski definition) is 3. The van der Waals surface area contributed by atoms with Gasteiger partial charge in [-0.1, -0.05) is 6.07 Å². The third kappa shape index (κ3) is 3.56. The third-order valence-corrected chi connectivity index (χ3v) is 2.97. The van der Waals surface area contributed by atoms with Gasteiger partial charge in [0.1, 0.15) is 30.1 Å². The van der Waals surface area contributed by atoms with Gasteiger partial charge in [0.15, 0.2) is 0 Å². The number of ether oxygens (including phenoxy) is 1. The van der Waals surface area contributed by atoms with E-state index in [-0.39, 0.29) is 17.9 Å². The van der Waals surface area contributed by atoms with Gasteiger partial charge in [0.25, 0.3) is 0 Å². The molecule has 0 unspecified atom stereocenters. The van der Waals surface area contributed by atoms with Crippen molar-refractivity contribution in [2.75, 3.05) is 0 Å². The van der Waals surface area contributed by atoms with Gasteiger partial charge < -0.3 is 9.84 Å². The number of hydrogen-bond donors (Lipinski definition) is 1. The summed E-state index contributed by atoms with van der Waals surface area (Å²) >= 11 is 0. The number of benzene rings is 2. The highest BCUT2D eigenvalue weighted by Crippen LogP contribution is 2.27. The average Bonchev–Trinajstić information content (AvgIpc) is 2.46. The lowest BCUT2D eigenvalue weighted by Crippen LogP contribution is -2.02. The van der Waals surface area contributed by atoms with Gasteiger partial charge in [-0.3, -0.25) is 0 Å². The predicted octanol–water partition coefficient (Wildman–Crippen LogP) is 3.47. The van der Waals surface area contributed by atoms with Crippen molar-refractivity contribution in [3.05, 3.63) is 64.7 Å². The summed E-state index contributed by atoms with van der Waals surface area (Å²) in [6, 6.07) is 9.64. The summed E-state index contributed by atoms with van der Waals surface area (Å²) in [5.41, 5.74) is 0.957. The minimum Gasteiger partial charge on any atom is -0.488 e. The molecule has 2 aromatic rings. The van der Waals surface area contributed by atoms with E-state index in [4.69, 9.17) is 10.00 Å². The zero-order valence-electron chi connectivity index (χ0n) is 11.3. The molecular weight excluding hydrogens is 276 g/mol. The molecule has 0 saturated heterocycles. The normalized spacial score (nSPS) is 11.8. The Bertz CT molecular complexity index is 693. The molecule has 5 heteroatoms. The van der Waals surface area contributed by atoms with Gasteiger partial charge >= 0.3 is 0 Å². The van der Waals surface area contributed by atoms with Crippen LogP contribution in [0.1, 0.15) is 29.7 Å². The van der Waals surface area contributed by atoms with Crippen molar-refractivity contribution in [3.63, 3.8) is 0 Å². The predicted molar refractivity (Wildman–Crippen MR) is 72.5 cm³/mol. The topological polar surface area (TPSA) is 53.2 Å². The zero-order chi connectivity index (χ0) is 15.4. The molecule has 0 aliphatic rings. The van der Waals surface area contributed by atoms with Crippen LogP contribution >= 0.6 is 0 Å². The maximum absolute atomic E-state index is 13.3. The van der Waals surface area contributed by atoms with Crippen LogP contribution in [0.4, 0.5) is 8.78 Å². The Labute approximate surface area is 121 Å². The summed E-state index contributed by atoms with van der Waals surface area (Å²) in [6.45, 7) is 1.59. The molecule has 1 N–H and O–H groups in total. The number of nitrogens with zero attached hydrogens (tertiary/aromatic N) is 1. The lowest BCUT2D eigenvalue weighted by Gasteiger charge is -2.13. The molecule has 0 aliphatic heterocycles. The van der Waals surface area contributed by atoms with Crippen molar-refractivity contribution in [1.82, 2.24) is 0 Å². The number of nitriles is 1. The summed E-state index contributed by atoms with van der Waals surface area (Å²) in [7, 11) is 0. The van der Waals surface area contributed by atoms with Crippen LogP contribution in [0.3, 0.4) is 0 Å². The van der Waals surface area contributed by atoms with E-state index in [1.54, 1.807) is 13.0 Å². The van der Waals surface area contributed by atoms with E-state index in [2.05, 4.69) is 0 Å². The van der Waals surface area contributed by atoms with Crippen LogP contribution in [0.25, 0.3) is 0 Å². The first kappa shape index (κ1) is 14.9. The summed E-state index contributed by atoms with van der Waals surface area (Å²) in [5, 5.41) is 18.4. The molecular formula is C16H13F2NO2. The molecule has 0 amide bonds. The third-order valence-electron chi connectivity index (χ3n) is 2.97. The first-order valence-corrected chi connectivity index (χ1v) is 6.30. The lowest BCUT2D eigenvalue weighted by molar-refractivity contribution is 0.190. The van der Waals surface area contributed by atoms with Crippen molar-refractivity contribution in [1.29, 1.82) is 5.26 Å². The van der Waals surface area contributed by atoms with Gasteiger partial charge in [0.05, 0.1) is 11.7 Å². The number of aliphatic hydroxyl groups is 1. The molecule has 21 heavy (non-hydrogen) atoms. The van der Waals surface area contributed by atoms with Crippen LogP contribution in [-0.2, 0) is 6.61 Å². The Kier molecular flexibility index (Phi) is 4.51. The molecule has 1 atom stereocenters. The highest BCUT2D eigenvalue weighted by molar-refractivity contribution is 5.37. The molecule has 0 heterocycles. The van der Waals surface area contributed by atoms with Crippen LogP contribution in [0.5, 0.6) is 5.75 Å². The van der Waals surface area contributed by atoms with Gasteiger partial charge in [-0.05, 0) is 36.8 Å². The van der Waals surface area contributed by atoms with Gasteiger partial charge in [-0.15, -0.1) is 0 Å². The van der Waals surface area contributed by atoms with Gasteiger partial charge in [0.2, 0.25) is 0 Å². The molecule has 3 nitrogen and oxygen atoms in total. The number of rotatable bonds is 4. The Morgan fingerprint density at radius 2 is 2.00 bits per heavy atom. The monoisotopic (exact) mass is 289 g/mol. The van der Waals surface area contributed by atoms with Crippen LogP contribution in [0.2, 0.25) is 0 Å². The van der Waals surface area contributed by atoms with Crippen LogP contribution < -0.4 is 4.74 Å². The Balaban J connectivity index is 2.20. The maximum atomic E-state index is 13.3. The van der Waals surface area contributed by atoms with E-state index in [0.29, 0.717) is 11.1 Å². The molecule has 0 aromatic heterocycles. The summed E-state index contributed by atoms with van der Waals surface area (Å²) in [4.78, 5) is 0. The largest absolute Gasteiger partial charge is 0.488 e. The second kappa shape index (κ2) is 6.33. The minimum atomic E-state index is -0.802. The van der Waals surface area contributed by atoms with Crippen molar-refractivity contribution < 1.29 is 18.6 Å². The maximum Gasteiger partial charge on any atom is 0.140 e. The van der Waals surface area contributed by atoms with Gasteiger partial charge in [-0.2, -0.15) is 5.26 Å². The molecule has 108 valence electrons. The summed E-state index contributed by atoms with van der Waals surface area (Å²) in [5.74, 6) is -0.865. The van der Waals surface area contributed by atoms with E-state index >= 15 is 0 Å². The molecule has 0 bridgehead atoms. The minimum absolute atomic E-state index is 0.0398. The molecule has 2 aromatic carbocycles. The lowest BCUT2D eigenvalue weighted by atomic mass is 10.1. The molecule has 0 radical (unpaired) electrons. The number of halogens is 2. The fraction of sp³-hybridized carbons (Fsp3) is 0.188. The van der Waals surface area contributed by atoms with Crippen molar-refractivity contribution in [2.45, 2.75) is 19.6 Å². The smallest absolute Gasteiger partial charge is 0.140 e. The zero-order valence-corrected chi connectivity index (χ0v) is 11.3. The fourth-order valence-electron chi connectivity index (χ4n) is 1.89. The highest BCUT2D eigenvalue weighted by Gasteiger charge is 2.11. The SMILES string of the molecule is C[C@@H](O)c1ccc(F)cc1OCc1ccc(F)c(C#N)c1. The van der Waals surface area contributed by atoms with E-state index in [1.807, 2.05) is 0 Å². The molecule has 2 rings (SSSR count). The molecule has 0 spiro atoms. The van der Waals surface area contributed by atoms with Crippen molar-refractivity contribution >= 4 is 0 Å². The summed E-state index contributed by atoms with van der Waals surface area (Å²) in [6.07, 6.45) is -0.802. The standard InChI is InChI=1S/C16H13F2NO2/c1-10(20)14-4-3-13(17)7-16(14)21-9-11-2-5-15(18)12(6-11)8-19/h2-7,10,20H,9H2,1H3/t10-/m1/s1. The van der Waals surface area contributed by atoms with E-state index in [0.717, 1.165) is 0 Å². The van der Waals surface area contributed by atoms with E-state index in [9.17, 15) is 13.9 Å². The molecule has 0 aliphatic carbocycles. The van der Waals surface area contributed by atoms with E-state index in [1.165, 1.54) is 36.4 Å². The first-order chi connectivity index (χ1) is 10.0. The Morgan fingerprint density at radius 3 is 2.67 bits per heavy atom. The molecule has 0 fully saturated rings. The molecule has 0 saturated carbocycles. The van der Waals surface area contributed by atoms with Crippen LogP contribution in [0.15, 0.2) is 36.4 Å². The fourth-order valence-corrected chi connectivity index (χ4v) is 1.89. The Hall–Kier alpha value is -2.45.